The highest BCUT2D eigenvalue weighted by Gasteiger charge is 2.28. The Balaban J connectivity index is 1.23. The van der Waals surface area contributed by atoms with E-state index in [9.17, 15) is 14.4 Å². The molecule has 0 saturated carbocycles. The van der Waals surface area contributed by atoms with E-state index < -0.39 is 12.1 Å². The number of fused-ring (bicyclic) bond motifs is 3. The molecule has 0 saturated heterocycles. The van der Waals surface area contributed by atoms with Gasteiger partial charge >= 0.3 is 12.1 Å². The fourth-order valence-corrected chi connectivity index (χ4v) is 4.66. The van der Waals surface area contributed by atoms with E-state index in [-0.39, 0.29) is 30.7 Å². The minimum Gasteiger partial charge on any atom is -0.481 e. The van der Waals surface area contributed by atoms with Gasteiger partial charge in [-0.1, -0.05) is 60.7 Å². The van der Waals surface area contributed by atoms with Crippen LogP contribution in [0.3, 0.4) is 0 Å². The molecule has 3 N–H and O–H groups in total. The van der Waals surface area contributed by atoms with Crippen molar-refractivity contribution in [3.8, 4) is 11.1 Å². The van der Waals surface area contributed by atoms with E-state index in [1.165, 1.54) is 22.9 Å². The molecule has 0 aromatic heterocycles. The summed E-state index contributed by atoms with van der Waals surface area (Å²) >= 11 is 1.25. The average Bonchev–Trinajstić information content (AvgIpc) is 3.19. The van der Waals surface area contributed by atoms with Gasteiger partial charge in [0.1, 0.15) is 6.61 Å². The van der Waals surface area contributed by atoms with Crippen LogP contribution in [0, 0.1) is 0 Å². The van der Waals surface area contributed by atoms with Crippen LogP contribution in [-0.4, -0.2) is 47.7 Å². The molecule has 1 aliphatic carbocycles. The topological polar surface area (TPSA) is 105 Å². The minimum atomic E-state index is -0.872. The van der Waals surface area contributed by atoms with Crippen molar-refractivity contribution in [2.75, 3.05) is 24.7 Å². The first-order chi connectivity index (χ1) is 17.0. The number of carbonyl (C=O) groups is 3. The van der Waals surface area contributed by atoms with Crippen LogP contribution < -0.4 is 10.6 Å². The SMILES string of the molecule is O=C(O)CSCCNC(=O)c1ccc(CNC(=O)OCC2c3ccccc3-c3ccccc32)cc1. The van der Waals surface area contributed by atoms with E-state index in [1.54, 1.807) is 24.3 Å². The van der Waals surface area contributed by atoms with Gasteiger partial charge in [0, 0.05) is 30.3 Å². The molecule has 0 radical (unpaired) electrons. The van der Waals surface area contributed by atoms with E-state index in [0.29, 0.717) is 17.9 Å². The lowest BCUT2D eigenvalue weighted by atomic mass is 9.98. The molecule has 4 rings (SSSR count). The quantitative estimate of drug-likeness (QED) is 0.367. The largest absolute Gasteiger partial charge is 0.481 e. The molecule has 8 heteroatoms. The van der Waals surface area contributed by atoms with Gasteiger partial charge in [0.25, 0.3) is 5.91 Å². The first-order valence-electron chi connectivity index (χ1n) is 11.3. The smallest absolute Gasteiger partial charge is 0.407 e. The van der Waals surface area contributed by atoms with Gasteiger partial charge in [0.15, 0.2) is 0 Å². The molecule has 0 heterocycles. The van der Waals surface area contributed by atoms with Crippen molar-refractivity contribution in [2.45, 2.75) is 12.5 Å². The third-order valence-electron chi connectivity index (χ3n) is 5.75. The van der Waals surface area contributed by atoms with Gasteiger partial charge in [-0.05, 0) is 39.9 Å². The van der Waals surface area contributed by atoms with Gasteiger partial charge in [-0.25, -0.2) is 4.79 Å². The predicted octanol–water partition coefficient (Wildman–Crippen LogP) is 4.27. The summed E-state index contributed by atoms with van der Waals surface area (Å²) in [5, 5.41) is 14.1. The number of alkyl carbamates (subject to hydrolysis) is 1. The van der Waals surface area contributed by atoms with Crippen LogP contribution in [0.25, 0.3) is 11.1 Å². The van der Waals surface area contributed by atoms with Crippen LogP contribution in [0.1, 0.15) is 33.0 Å². The van der Waals surface area contributed by atoms with Crippen LogP contribution in [0.2, 0.25) is 0 Å². The van der Waals surface area contributed by atoms with Crippen molar-refractivity contribution in [1.82, 2.24) is 10.6 Å². The molecule has 0 unspecified atom stereocenters. The van der Waals surface area contributed by atoms with Crippen molar-refractivity contribution in [1.29, 1.82) is 0 Å². The molecule has 0 aliphatic heterocycles. The average molecular weight is 491 g/mol. The maximum atomic E-state index is 12.3. The Kier molecular flexibility index (Phi) is 8.05. The Morgan fingerprint density at radius 2 is 1.49 bits per heavy atom. The third-order valence-corrected chi connectivity index (χ3v) is 6.70. The number of hydrogen-bond acceptors (Lipinski definition) is 5. The first kappa shape index (κ1) is 24.3. The fourth-order valence-electron chi connectivity index (χ4n) is 4.10. The van der Waals surface area contributed by atoms with Crippen molar-refractivity contribution < 1.29 is 24.2 Å². The zero-order chi connectivity index (χ0) is 24.6. The molecule has 0 spiro atoms. The molecule has 1 aliphatic rings. The number of carbonyl (C=O) groups excluding carboxylic acids is 2. The number of benzene rings is 3. The molecular weight excluding hydrogens is 464 g/mol. The Labute approximate surface area is 207 Å². The number of thioether (sulfide) groups is 1. The predicted molar refractivity (Wildman–Crippen MR) is 136 cm³/mol. The van der Waals surface area contributed by atoms with Gasteiger partial charge in [-0.2, -0.15) is 0 Å². The zero-order valence-corrected chi connectivity index (χ0v) is 19.8. The van der Waals surface area contributed by atoms with Crippen LogP contribution in [0.4, 0.5) is 4.79 Å². The number of rotatable bonds is 10. The first-order valence-corrected chi connectivity index (χ1v) is 12.4. The number of nitrogens with one attached hydrogen (secondary N) is 2. The summed E-state index contributed by atoms with van der Waals surface area (Å²) < 4.78 is 5.55. The van der Waals surface area contributed by atoms with Crippen LogP contribution in [0.5, 0.6) is 0 Å². The highest BCUT2D eigenvalue weighted by atomic mass is 32.2. The lowest BCUT2D eigenvalue weighted by Gasteiger charge is -2.14. The van der Waals surface area contributed by atoms with Crippen molar-refractivity contribution >= 4 is 29.7 Å². The highest BCUT2D eigenvalue weighted by Crippen LogP contribution is 2.44. The Morgan fingerprint density at radius 1 is 0.857 bits per heavy atom. The zero-order valence-electron chi connectivity index (χ0n) is 19.0. The summed E-state index contributed by atoms with van der Waals surface area (Å²) in [4.78, 5) is 35.0. The van der Waals surface area contributed by atoms with Crippen LogP contribution >= 0.6 is 11.8 Å². The van der Waals surface area contributed by atoms with Gasteiger partial charge in [-0.3, -0.25) is 9.59 Å². The second-order valence-electron chi connectivity index (χ2n) is 8.08. The summed E-state index contributed by atoms with van der Waals surface area (Å²) in [6.07, 6.45) is -0.493. The number of amides is 2. The van der Waals surface area contributed by atoms with E-state index >= 15 is 0 Å². The summed E-state index contributed by atoms with van der Waals surface area (Å²) in [7, 11) is 0. The Hall–Kier alpha value is -3.78. The molecule has 0 atom stereocenters. The lowest BCUT2D eigenvalue weighted by molar-refractivity contribution is -0.133. The Bertz CT molecular complexity index is 1170. The Morgan fingerprint density at radius 3 is 2.11 bits per heavy atom. The van der Waals surface area contributed by atoms with E-state index in [2.05, 4.69) is 34.9 Å². The molecule has 180 valence electrons. The molecular formula is C27H26N2O5S. The summed E-state index contributed by atoms with van der Waals surface area (Å²) in [5.74, 6) is -0.546. The minimum absolute atomic E-state index is 0.00785. The maximum absolute atomic E-state index is 12.3. The van der Waals surface area contributed by atoms with Crippen LogP contribution in [0.15, 0.2) is 72.8 Å². The molecule has 0 fully saturated rings. The van der Waals surface area contributed by atoms with Crippen molar-refractivity contribution in [3.63, 3.8) is 0 Å². The maximum Gasteiger partial charge on any atom is 0.407 e. The number of carboxylic acids is 1. The van der Waals surface area contributed by atoms with Gasteiger partial charge in [-0.15, -0.1) is 11.8 Å². The van der Waals surface area contributed by atoms with Crippen molar-refractivity contribution in [2.24, 2.45) is 0 Å². The van der Waals surface area contributed by atoms with Gasteiger partial charge in [0.05, 0.1) is 5.75 Å². The highest BCUT2D eigenvalue weighted by molar-refractivity contribution is 7.99. The van der Waals surface area contributed by atoms with E-state index in [4.69, 9.17) is 9.84 Å². The van der Waals surface area contributed by atoms with Gasteiger partial charge in [0.2, 0.25) is 0 Å². The number of hydrogen-bond donors (Lipinski definition) is 3. The molecule has 3 aromatic carbocycles. The number of ether oxygens (including phenoxy) is 1. The van der Waals surface area contributed by atoms with Crippen molar-refractivity contribution in [3.05, 3.63) is 95.1 Å². The second-order valence-corrected chi connectivity index (χ2v) is 9.18. The third kappa shape index (κ3) is 6.22. The standard InChI is InChI=1S/C27H26N2O5S/c30-25(31)17-35-14-13-28-26(32)19-11-9-18(10-12-19)15-29-27(33)34-16-24-22-7-3-1-5-20(22)21-6-2-4-8-23(21)24/h1-12,24H,13-17H2,(H,28,32)(H,29,33)(H,30,31). The lowest BCUT2D eigenvalue weighted by Crippen LogP contribution is -2.26. The van der Waals surface area contributed by atoms with E-state index in [1.807, 2.05) is 24.3 Å². The number of carboxylic acid groups (broad SMARTS) is 1. The summed E-state index contributed by atoms with van der Waals surface area (Å²) in [5.41, 5.74) is 6.03. The summed E-state index contributed by atoms with van der Waals surface area (Å²) in [6, 6.07) is 23.3. The molecule has 3 aromatic rings. The summed E-state index contributed by atoms with van der Waals surface area (Å²) in [6.45, 7) is 0.927. The molecule has 7 nitrogen and oxygen atoms in total. The monoisotopic (exact) mass is 490 g/mol. The molecule has 35 heavy (non-hydrogen) atoms. The molecule has 0 bridgehead atoms. The molecule has 2 amide bonds. The second kappa shape index (κ2) is 11.6. The normalized spacial score (nSPS) is 11.9. The van der Waals surface area contributed by atoms with Gasteiger partial charge < -0.3 is 20.5 Å². The van der Waals surface area contributed by atoms with Crippen LogP contribution in [-0.2, 0) is 16.1 Å². The fraction of sp³-hybridized carbons (Fsp3) is 0.222. The number of aliphatic carboxylic acids is 1. The van der Waals surface area contributed by atoms with E-state index in [0.717, 1.165) is 16.7 Å².